The number of thioether (sulfide) groups is 1. The fourth-order valence-corrected chi connectivity index (χ4v) is 3.76. The number of carbonyl (C=O) groups is 1. The molecule has 2 aromatic rings. The molecule has 0 bridgehead atoms. The maximum absolute atomic E-state index is 12.0. The molecule has 1 saturated carbocycles. The van der Waals surface area contributed by atoms with Crippen LogP contribution in [0.5, 0.6) is 0 Å². The summed E-state index contributed by atoms with van der Waals surface area (Å²) < 4.78 is 0. The lowest BCUT2D eigenvalue weighted by Crippen LogP contribution is -2.11. The van der Waals surface area contributed by atoms with Gasteiger partial charge in [-0.15, -0.1) is 11.8 Å². The quantitative estimate of drug-likeness (QED) is 0.911. The lowest BCUT2D eigenvalue weighted by molar-refractivity contribution is 0.102. The van der Waals surface area contributed by atoms with Gasteiger partial charge in [-0.1, -0.05) is 12.8 Å². The highest BCUT2D eigenvalue weighted by Gasteiger charge is 2.16. The second-order valence-electron chi connectivity index (χ2n) is 5.24. The van der Waals surface area contributed by atoms with Gasteiger partial charge in [-0.05, 0) is 49.2 Å². The Morgan fingerprint density at radius 3 is 2.57 bits per heavy atom. The summed E-state index contributed by atoms with van der Waals surface area (Å²) in [5, 5.41) is 3.66. The number of hydrogen-bond donors (Lipinski definition) is 1. The minimum absolute atomic E-state index is 0.126. The van der Waals surface area contributed by atoms with Crippen molar-refractivity contribution >= 4 is 23.4 Å². The summed E-state index contributed by atoms with van der Waals surface area (Å²) in [5.41, 5.74) is 1.39. The van der Waals surface area contributed by atoms with Crippen molar-refractivity contribution in [1.29, 1.82) is 0 Å². The highest BCUT2D eigenvalue weighted by atomic mass is 32.2. The number of nitrogens with one attached hydrogen (secondary N) is 1. The van der Waals surface area contributed by atoms with Crippen molar-refractivity contribution in [2.45, 2.75) is 35.8 Å². The summed E-state index contributed by atoms with van der Waals surface area (Å²) in [6, 6.07) is 11.6. The van der Waals surface area contributed by atoms with Gasteiger partial charge in [-0.3, -0.25) is 9.78 Å². The van der Waals surface area contributed by atoms with Gasteiger partial charge in [0.05, 0.1) is 5.56 Å². The minimum atomic E-state index is -0.126. The van der Waals surface area contributed by atoms with Gasteiger partial charge in [0.1, 0.15) is 0 Å². The molecule has 0 aliphatic heterocycles. The molecule has 21 heavy (non-hydrogen) atoms. The molecule has 0 unspecified atom stereocenters. The molecule has 1 amide bonds. The summed E-state index contributed by atoms with van der Waals surface area (Å²) >= 11 is 1.95. The smallest absolute Gasteiger partial charge is 0.257 e. The molecule has 1 aromatic heterocycles. The van der Waals surface area contributed by atoms with E-state index in [2.05, 4.69) is 22.4 Å². The van der Waals surface area contributed by atoms with Crippen LogP contribution in [0, 0.1) is 0 Å². The number of rotatable bonds is 4. The van der Waals surface area contributed by atoms with Crippen LogP contribution in [0.2, 0.25) is 0 Å². The van der Waals surface area contributed by atoms with Gasteiger partial charge in [0.15, 0.2) is 0 Å². The van der Waals surface area contributed by atoms with E-state index in [-0.39, 0.29) is 5.91 Å². The van der Waals surface area contributed by atoms with E-state index in [0.29, 0.717) is 5.56 Å². The van der Waals surface area contributed by atoms with Crippen molar-refractivity contribution in [3.8, 4) is 0 Å². The van der Waals surface area contributed by atoms with E-state index < -0.39 is 0 Å². The van der Waals surface area contributed by atoms with Crippen molar-refractivity contribution < 1.29 is 4.79 Å². The molecule has 3 rings (SSSR count). The Morgan fingerprint density at radius 1 is 1.14 bits per heavy atom. The Kier molecular flexibility index (Phi) is 4.55. The van der Waals surface area contributed by atoms with Gasteiger partial charge in [-0.2, -0.15) is 0 Å². The number of hydrogen-bond acceptors (Lipinski definition) is 3. The van der Waals surface area contributed by atoms with Crippen LogP contribution >= 0.6 is 11.8 Å². The molecule has 0 spiro atoms. The predicted molar refractivity (Wildman–Crippen MR) is 86.7 cm³/mol. The van der Waals surface area contributed by atoms with Crippen molar-refractivity contribution in [2.75, 3.05) is 5.32 Å². The zero-order valence-corrected chi connectivity index (χ0v) is 12.6. The number of carbonyl (C=O) groups excluding carboxylic acids is 1. The lowest BCUT2D eigenvalue weighted by atomic mass is 10.2. The SMILES string of the molecule is O=C(Nc1ccc(SC2CCCC2)cc1)c1cccnc1. The van der Waals surface area contributed by atoms with Crippen molar-refractivity contribution in [2.24, 2.45) is 0 Å². The standard InChI is InChI=1S/C17H18N2OS/c20-17(13-4-3-11-18-12-13)19-14-7-9-16(10-8-14)21-15-5-1-2-6-15/h3-4,7-12,15H,1-2,5-6H2,(H,19,20). The van der Waals surface area contributed by atoms with Crippen LogP contribution in [-0.4, -0.2) is 16.1 Å². The largest absolute Gasteiger partial charge is 0.322 e. The molecule has 1 heterocycles. The zero-order valence-electron chi connectivity index (χ0n) is 11.8. The van der Waals surface area contributed by atoms with Crippen molar-refractivity contribution in [1.82, 2.24) is 4.98 Å². The van der Waals surface area contributed by atoms with Crippen LogP contribution in [0.1, 0.15) is 36.0 Å². The molecule has 0 saturated heterocycles. The molecule has 1 aliphatic rings. The Bertz CT molecular complexity index is 592. The Hall–Kier alpha value is -1.81. The Morgan fingerprint density at radius 2 is 1.90 bits per heavy atom. The first kappa shape index (κ1) is 14.1. The third kappa shape index (κ3) is 3.85. The van der Waals surface area contributed by atoms with Gasteiger partial charge in [0.25, 0.3) is 5.91 Å². The Balaban J connectivity index is 1.60. The highest BCUT2D eigenvalue weighted by Crippen LogP contribution is 2.34. The first-order chi connectivity index (χ1) is 10.3. The van der Waals surface area contributed by atoms with Gasteiger partial charge in [0, 0.05) is 28.2 Å². The molecule has 0 atom stereocenters. The number of aromatic nitrogens is 1. The molecule has 108 valence electrons. The van der Waals surface area contributed by atoms with Crippen molar-refractivity contribution in [3.63, 3.8) is 0 Å². The van der Waals surface area contributed by atoms with E-state index in [9.17, 15) is 4.79 Å². The molecule has 3 nitrogen and oxygen atoms in total. The molecule has 0 radical (unpaired) electrons. The molecule has 1 aliphatic carbocycles. The normalized spacial score (nSPS) is 15.0. The first-order valence-corrected chi connectivity index (χ1v) is 8.17. The fraction of sp³-hybridized carbons (Fsp3) is 0.294. The second kappa shape index (κ2) is 6.76. The topological polar surface area (TPSA) is 42.0 Å². The average Bonchev–Trinajstić information content (AvgIpc) is 3.03. The third-order valence-corrected chi connectivity index (χ3v) is 4.99. The summed E-state index contributed by atoms with van der Waals surface area (Å²) in [4.78, 5) is 17.3. The maximum Gasteiger partial charge on any atom is 0.257 e. The molecule has 1 fully saturated rings. The van der Waals surface area contributed by atoms with Gasteiger partial charge >= 0.3 is 0 Å². The average molecular weight is 298 g/mol. The van der Waals surface area contributed by atoms with E-state index in [1.54, 1.807) is 24.5 Å². The fourth-order valence-electron chi connectivity index (χ4n) is 2.52. The van der Waals surface area contributed by atoms with E-state index in [4.69, 9.17) is 0 Å². The number of amides is 1. The van der Waals surface area contributed by atoms with Gasteiger partial charge in [0.2, 0.25) is 0 Å². The van der Waals surface area contributed by atoms with Gasteiger partial charge < -0.3 is 5.32 Å². The molecule has 1 aromatic carbocycles. The molecular formula is C17H18N2OS. The number of anilines is 1. The summed E-state index contributed by atoms with van der Waals surface area (Å²) in [6.45, 7) is 0. The van der Waals surface area contributed by atoms with Crippen LogP contribution in [0.4, 0.5) is 5.69 Å². The van der Waals surface area contributed by atoms with Crippen LogP contribution in [0.15, 0.2) is 53.7 Å². The summed E-state index contributed by atoms with van der Waals surface area (Å²) in [6.07, 6.45) is 8.59. The van der Waals surface area contributed by atoms with E-state index in [0.717, 1.165) is 10.9 Å². The van der Waals surface area contributed by atoms with Crippen LogP contribution in [0.25, 0.3) is 0 Å². The first-order valence-electron chi connectivity index (χ1n) is 7.29. The minimum Gasteiger partial charge on any atom is -0.322 e. The second-order valence-corrected chi connectivity index (χ2v) is 6.62. The van der Waals surface area contributed by atoms with E-state index >= 15 is 0 Å². The highest BCUT2D eigenvalue weighted by molar-refractivity contribution is 8.00. The summed E-state index contributed by atoms with van der Waals surface area (Å²) in [5.74, 6) is -0.126. The maximum atomic E-state index is 12.0. The number of benzene rings is 1. The molecule has 1 N–H and O–H groups in total. The Labute approximate surface area is 129 Å². The zero-order chi connectivity index (χ0) is 14.5. The van der Waals surface area contributed by atoms with Crippen LogP contribution in [0.3, 0.4) is 0 Å². The molecule has 4 heteroatoms. The number of nitrogens with zero attached hydrogens (tertiary/aromatic N) is 1. The van der Waals surface area contributed by atoms with E-state index in [1.807, 2.05) is 23.9 Å². The van der Waals surface area contributed by atoms with Crippen LogP contribution < -0.4 is 5.32 Å². The van der Waals surface area contributed by atoms with E-state index in [1.165, 1.54) is 30.6 Å². The third-order valence-electron chi connectivity index (χ3n) is 3.64. The predicted octanol–water partition coefficient (Wildman–Crippen LogP) is 4.37. The van der Waals surface area contributed by atoms with Gasteiger partial charge in [-0.25, -0.2) is 0 Å². The lowest BCUT2D eigenvalue weighted by Gasteiger charge is -2.10. The summed E-state index contributed by atoms with van der Waals surface area (Å²) in [7, 11) is 0. The van der Waals surface area contributed by atoms with Crippen LogP contribution in [-0.2, 0) is 0 Å². The number of pyridine rings is 1. The monoisotopic (exact) mass is 298 g/mol. The molecular weight excluding hydrogens is 280 g/mol. The van der Waals surface area contributed by atoms with Crippen molar-refractivity contribution in [3.05, 3.63) is 54.4 Å².